The zero-order chi connectivity index (χ0) is 63.8. The molecule has 94 heavy (non-hydrogen) atoms. The van der Waals surface area contributed by atoms with E-state index < -0.39 is 0 Å². The first-order valence-corrected chi connectivity index (χ1v) is 33.3. The number of rotatable bonds is 19. The lowest BCUT2D eigenvalue weighted by atomic mass is 9.69. The molecule has 1 aliphatic rings. The minimum absolute atomic E-state index is 0.0784. The quantitative estimate of drug-likeness (QED) is 0.0751. The Hall–Kier alpha value is -11.0. The monoisotopic (exact) mass is 1210 g/mol. The van der Waals surface area contributed by atoms with Crippen LogP contribution in [0.2, 0.25) is 0 Å². The molecule has 0 amide bonds. The molecule has 1 atom stereocenters. The molecule has 15 rings (SSSR count). The topological polar surface area (TPSA) is 17.4 Å². The van der Waals surface area contributed by atoms with Crippen molar-refractivity contribution >= 4 is 61.8 Å². The highest BCUT2D eigenvalue weighted by molar-refractivity contribution is 6.12. The van der Waals surface area contributed by atoms with Gasteiger partial charge in [0.25, 0.3) is 0 Å². The molecule has 3 nitrogen and oxygen atoms in total. The summed E-state index contributed by atoms with van der Waals surface area (Å²) in [5.41, 5.74) is 26.3. The van der Waals surface area contributed by atoms with Gasteiger partial charge in [0.1, 0.15) is 5.75 Å². The number of nitrogens with zero attached hydrogens (tertiary/aromatic N) is 2. The van der Waals surface area contributed by atoms with Gasteiger partial charge < -0.3 is 14.2 Å². The molecular formula is C91H76N2O. The fourth-order valence-corrected chi connectivity index (χ4v) is 14.5. The molecule has 0 saturated carbocycles. The molecule has 1 aromatic heterocycles. The van der Waals surface area contributed by atoms with E-state index in [1.54, 1.807) is 0 Å². The number of ether oxygens (including phenoxy) is 1. The molecule has 0 bridgehead atoms. The van der Waals surface area contributed by atoms with Crippen molar-refractivity contribution in [3.8, 4) is 67.1 Å². The zero-order valence-electron chi connectivity index (χ0n) is 53.9. The molecule has 3 heteroatoms. The van der Waals surface area contributed by atoms with Gasteiger partial charge in [-0.2, -0.15) is 0 Å². The number of fused-ring (bicyclic) bond motifs is 7. The number of anilines is 3. The summed E-state index contributed by atoms with van der Waals surface area (Å²) in [7, 11) is 0. The summed E-state index contributed by atoms with van der Waals surface area (Å²) >= 11 is 0. The van der Waals surface area contributed by atoms with Crippen molar-refractivity contribution in [1.82, 2.24) is 4.57 Å². The standard InChI is InChI=1S/C91H76N2O/c1-6-63-26-30-67(31-27-63)70-34-35-72-59-81(52-42-71(72)58-70)94-57-19-9-8-18-56-91(76-20-12-10-13-21-76)86-25-17-16-24-82(86)83-53-51-80(62-87(83)91)92(78-47-38-66(39-48-78)65-36-45-75(46-37-65)90(3,4)5)79-49-40-69(41-50-79)74-44-55-89-85(61-74)84-60-73(68-32-28-64(7-2)29-33-68)43-54-88(84)93(89)77-22-14-11-15-23-77/h6-7,10-17,20-55,58-62H,1-2,8-9,18-19,56-57H2,3-5H3. The Morgan fingerprint density at radius 1 is 0.394 bits per heavy atom. The molecule has 1 aliphatic carbocycles. The summed E-state index contributed by atoms with van der Waals surface area (Å²) in [5, 5.41) is 4.83. The van der Waals surface area contributed by atoms with Gasteiger partial charge in [-0.25, -0.2) is 0 Å². The molecule has 14 aromatic rings. The predicted octanol–water partition coefficient (Wildman–Crippen LogP) is 25.0. The largest absolute Gasteiger partial charge is 0.494 e. The first kappa shape index (κ1) is 59.3. The average Bonchev–Trinajstić information content (AvgIpc) is 1.55. The van der Waals surface area contributed by atoms with Crippen molar-refractivity contribution in [2.75, 3.05) is 11.5 Å². The third-order valence-electron chi connectivity index (χ3n) is 19.6. The fraction of sp³-hybridized carbons (Fsp3) is 0.121. The number of para-hydroxylation sites is 1. The number of unbranched alkanes of at least 4 members (excludes halogenated alkanes) is 3. The van der Waals surface area contributed by atoms with Crippen LogP contribution < -0.4 is 9.64 Å². The van der Waals surface area contributed by atoms with Crippen LogP contribution in [-0.2, 0) is 10.8 Å². The van der Waals surface area contributed by atoms with Crippen LogP contribution in [0.15, 0.2) is 310 Å². The summed E-state index contributed by atoms with van der Waals surface area (Å²) in [6, 6.07) is 110. The Morgan fingerprint density at radius 3 is 1.46 bits per heavy atom. The maximum Gasteiger partial charge on any atom is 0.119 e. The molecule has 0 aliphatic heterocycles. The van der Waals surface area contributed by atoms with Gasteiger partial charge in [-0.3, -0.25) is 0 Å². The summed E-state index contributed by atoms with van der Waals surface area (Å²) in [5.74, 6) is 0.920. The maximum absolute atomic E-state index is 6.45. The molecule has 0 saturated heterocycles. The van der Waals surface area contributed by atoms with Crippen LogP contribution >= 0.6 is 0 Å². The van der Waals surface area contributed by atoms with E-state index in [0.717, 1.165) is 77.3 Å². The molecule has 1 heterocycles. The normalized spacial score (nSPS) is 13.4. The minimum Gasteiger partial charge on any atom is -0.494 e. The first-order chi connectivity index (χ1) is 46.1. The van der Waals surface area contributed by atoms with Crippen LogP contribution in [0.3, 0.4) is 0 Å². The van der Waals surface area contributed by atoms with Gasteiger partial charge in [-0.1, -0.05) is 272 Å². The van der Waals surface area contributed by atoms with E-state index in [9.17, 15) is 0 Å². The number of benzene rings is 13. The Labute approximate surface area is 553 Å². The van der Waals surface area contributed by atoms with Gasteiger partial charge in [-0.05, 0) is 209 Å². The predicted molar refractivity (Wildman–Crippen MR) is 400 cm³/mol. The van der Waals surface area contributed by atoms with Crippen molar-refractivity contribution < 1.29 is 4.74 Å². The van der Waals surface area contributed by atoms with Crippen molar-refractivity contribution in [2.45, 2.75) is 63.7 Å². The van der Waals surface area contributed by atoms with Crippen LogP contribution in [0.1, 0.15) is 86.3 Å². The second-order valence-electron chi connectivity index (χ2n) is 26.3. The van der Waals surface area contributed by atoms with E-state index in [-0.39, 0.29) is 10.8 Å². The van der Waals surface area contributed by atoms with Crippen LogP contribution in [0.4, 0.5) is 17.1 Å². The Morgan fingerprint density at radius 2 is 0.862 bits per heavy atom. The molecule has 456 valence electrons. The fourth-order valence-electron chi connectivity index (χ4n) is 14.5. The molecule has 1 unspecified atom stereocenters. The SMILES string of the molecule is C=Cc1ccc(-c2ccc3cc(OCCCCCCC4(c5ccccc5)c5ccccc5-c5ccc(N(c6ccc(-c7ccc(C(C)(C)C)cc7)cc6)c6ccc(-c7ccc8c(c7)c7cc(-c9ccc(C=C)cc9)ccc7n8-c7ccccc7)cc6)cc54)ccc3c2)cc1. The van der Waals surface area contributed by atoms with Crippen LogP contribution in [0.5, 0.6) is 5.75 Å². The van der Waals surface area contributed by atoms with Gasteiger partial charge in [0.2, 0.25) is 0 Å². The second kappa shape index (κ2) is 25.2. The van der Waals surface area contributed by atoms with Crippen molar-refractivity contribution in [2.24, 2.45) is 0 Å². The van der Waals surface area contributed by atoms with E-state index in [1.165, 1.54) is 105 Å². The minimum atomic E-state index is -0.364. The van der Waals surface area contributed by atoms with E-state index >= 15 is 0 Å². The van der Waals surface area contributed by atoms with Crippen molar-refractivity contribution in [1.29, 1.82) is 0 Å². The van der Waals surface area contributed by atoms with Gasteiger partial charge in [0, 0.05) is 38.9 Å². The summed E-state index contributed by atoms with van der Waals surface area (Å²) in [6.45, 7) is 15.4. The molecule has 0 radical (unpaired) electrons. The third kappa shape index (κ3) is 11.3. The van der Waals surface area contributed by atoms with Crippen molar-refractivity contribution in [3.05, 3.63) is 344 Å². The van der Waals surface area contributed by atoms with E-state index in [2.05, 4.69) is 341 Å². The number of hydrogen-bond acceptors (Lipinski definition) is 2. The van der Waals surface area contributed by atoms with Gasteiger partial charge in [0.15, 0.2) is 0 Å². The lowest BCUT2D eigenvalue weighted by Crippen LogP contribution is -2.27. The summed E-state index contributed by atoms with van der Waals surface area (Å²) in [4.78, 5) is 2.46. The highest BCUT2D eigenvalue weighted by atomic mass is 16.5. The second-order valence-corrected chi connectivity index (χ2v) is 26.3. The Kier molecular flexibility index (Phi) is 15.9. The summed E-state index contributed by atoms with van der Waals surface area (Å²) in [6.07, 6.45) is 8.99. The van der Waals surface area contributed by atoms with Gasteiger partial charge in [-0.15, -0.1) is 0 Å². The molecule has 0 spiro atoms. The third-order valence-corrected chi connectivity index (χ3v) is 19.6. The van der Waals surface area contributed by atoms with Crippen LogP contribution in [0, 0.1) is 0 Å². The summed E-state index contributed by atoms with van der Waals surface area (Å²) < 4.78 is 8.85. The Balaban J connectivity index is 0.750. The lowest BCUT2D eigenvalue weighted by molar-refractivity contribution is 0.304. The van der Waals surface area contributed by atoms with Gasteiger partial charge >= 0.3 is 0 Å². The van der Waals surface area contributed by atoms with Crippen LogP contribution in [0.25, 0.3) is 106 Å². The highest BCUT2D eigenvalue weighted by Gasteiger charge is 2.44. The molecular weight excluding hydrogens is 1140 g/mol. The van der Waals surface area contributed by atoms with Crippen LogP contribution in [-0.4, -0.2) is 11.2 Å². The van der Waals surface area contributed by atoms with E-state index in [1.807, 2.05) is 12.2 Å². The smallest absolute Gasteiger partial charge is 0.119 e. The highest BCUT2D eigenvalue weighted by Crippen LogP contribution is 2.57. The zero-order valence-corrected chi connectivity index (χ0v) is 53.9. The van der Waals surface area contributed by atoms with E-state index in [0.29, 0.717) is 6.61 Å². The first-order valence-electron chi connectivity index (χ1n) is 33.3. The number of aromatic nitrogens is 1. The van der Waals surface area contributed by atoms with Crippen molar-refractivity contribution in [3.63, 3.8) is 0 Å². The Bertz CT molecular complexity index is 5070. The van der Waals surface area contributed by atoms with E-state index in [4.69, 9.17) is 4.74 Å². The molecule has 13 aromatic carbocycles. The number of hydrogen-bond donors (Lipinski definition) is 0. The van der Waals surface area contributed by atoms with Gasteiger partial charge in [0.05, 0.1) is 17.6 Å². The average molecular weight is 1210 g/mol. The molecule has 0 N–H and O–H groups in total. The lowest BCUT2D eigenvalue weighted by Gasteiger charge is -2.34. The maximum atomic E-state index is 6.45. The molecule has 0 fully saturated rings.